The molecule has 1 aliphatic heterocycles. The zero-order chi connectivity index (χ0) is 17.7. The maximum atomic E-state index is 12.7. The van der Waals surface area contributed by atoms with Crippen LogP contribution in [0.4, 0.5) is 0 Å². The molecule has 2 aromatic rings. The third-order valence-corrected chi connectivity index (χ3v) is 4.62. The molecule has 134 valence electrons. The molecule has 3 rings (SSSR count). The van der Waals surface area contributed by atoms with Crippen molar-refractivity contribution in [2.24, 2.45) is 0 Å². The number of amides is 1. The monoisotopic (exact) mass is 344 g/mol. The van der Waals surface area contributed by atoms with Gasteiger partial charge in [0.05, 0.1) is 0 Å². The average Bonchev–Trinajstić information content (AvgIpc) is 3.11. The van der Waals surface area contributed by atoms with Crippen LogP contribution in [0.15, 0.2) is 34.9 Å². The molecule has 1 aliphatic rings. The first kappa shape index (κ1) is 17.6. The number of hydrogen-bond donors (Lipinski definition) is 2. The number of carbonyl (C=O) groups excluding carboxylic acids is 1. The first-order valence-electron chi connectivity index (χ1n) is 8.56. The fraction of sp³-hybridized carbons (Fsp3) is 0.500. The number of carbonyl (C=O) groups is 1. The van der Waals surface area contributed by atoms with E-state index in [2.05, 4.69) is 20.8 Å². The highest BCUT2D eigenvalue weighted by molar-refractivity contribution is 5.85. The van der Waals surface area contributed by atoms with Crippen molar-refractivity contribution in [3.05, 3.63) is 47.6 Å². The first-order chi connectivity index (χ1) is 12.1. The average molecular weight is 344 g/mol. The van der Waals surface area contributed by atoms with Crippen molar-refractivity contribution in [2.45, 2.75) is 37.8 Å². The molecule has 0 radical (unpaired) electrons. The van der Waals surface area contributed by atoms with Crippen molar-refractivity contribution in [1.82, 2.24) is 20.8 Å². The van der Waals surface area contributed by atoms with Crippen LogP contribution in [0.1, 0.15) is 43.1 Å². The van der Waals surface area contributed by atoms with E-state index in [0.717, 1.165) is 18.7 Å². The number of nitrogens with one attached hydrogen (secondary N) is 2. The Morgan fingerprint density at radius 1 is 1.36 bits per heavy atom. The molecule has 0 aliphatic carbocycles. The lowest BCUT2D eigenvalue weighted by atomic mass is 9.91. The number of ether oxygens (including phenoxy) is 1. The number of nitrogens with zero attached hydrogens (tertiary/aromatic N) is 2. The number of rotatable bonds is 6. The Balaban J connectivity index is 1.63. The van der Waals surface area contributed by atoms with Crippen molar-refractivity contribution in [2.75, 3.05) is 20.2 Å². The molecule has 2 heterocycles. The van der Waals surface area contributed by atoms with Crippen molar-refractivity contribution in [3.8, 4) is 0 Å². The Bertz CT molecular complexity index is 695. The fourth-order valence-corrected chi connectivity index (χ4v) is 3.04. The van der Waals surface area contributed by atoms with E-state index in [9.17, 15) is 4.79 Å². The van der Waals surface area contributed by atoms with Gasteiger partial charge in [-0.15, -0.1) is 0 Å². The predicted octanol–water partition coefficient (Wildman–Crippen LogP) is 1.61. The van der Waals surface area contributed by atoms with Gasteiger partial charge in [-0.05, 0) is 38.4 Å². The molecule has 1 saturated heterocycles. The molecule has 1 fully saturated rings. The minimum absolute atomic E-state index is 0.133. The molecule has 1 aromatic carbocycles. The molecule has 1 unspecified atom stereocenters. The summed E-state index contributed by atoms with van der Waals surface area (Å²) >= 11 is 0. The largest absolute Gasteiger partial charge is 0.368 e. The summed E-state index contributed by atoms with van der Waals surface area (Å²) in [6, 6.07) is 9.58. The van der Waals surface area contributed by atoms with Gasteiger partial charge in [0, 0.05) is 13.5 Å². The summed E-state index contributed by atoms with van der Waals surface area (Å²) in [5.41, 5.74) is 0.325. The minimum atomic E-state index is -0.785. The van der Waals surface area contributed by atoms with Gasteiger partial charge in [-0.25, -0.2) is 0 Å². The summed E-state index contributed by atoms with van der Waals surface area (Å²) in [5, 5.41) is 10.2. The topological polar surface area (TPSA) is 89.3 Å². The van der Waals surface area contributed by atoms with Gasteiger partial charge in [0.15, 0.2) is 5.82 Å². The standard InChI is InChI=1S/C18H24N4O3/c1-13(20-17(23)18(24-2)8-10-19-11-9-18)16-21-15(22-25-16)12-14-6-4-3-5-7-14/h3-7,13,19H,8-12H2,1-2H3,(H,20,23). The number of piperidine rings is 1. The second-order valence-electron chi connectivity index (χ2n) is 6.35. The highest BCUT2D eigenvalue weighted by Crippen LogP contribution is 2.24. The highest BCUT2D eigenvalue weighted by atomic mass is 16.5. The van der Waals surface area contributed by atoms with Crippen molar-refractivity contribution < 1.29 is 14.1 Å². The molecular weight excluding hydrogens is 320 g/mol. The van der Waals surface area contributed by atoms with Gasteiger partial charge in [0.25, 0.3) is 5.91 Å². The van der Waals surface area contributed by atoms with Gasteiger partial charge in [0.2, 0.25) is 5.89 Å². The van der Waals surface area contributed by atoms with Crippen molar-refractivity contribution in [1.29, 1.82) is 0 Å². The lowest BCUT2D eigenvalue weighted by Crippen LogP contribution is -2.54. The van der Waals surface area contributed by atoms with E-state index in [1.807, 2.05) is 37.3 Å². The second kappa shape index (κ2) is 7.76. The zero-order valence-electron chi connectivity index (χ0n) is 14.6. The van der Waals surface area contributed by atoms with Gasteiger partial charge < -0.3 is 19.9 Å². The van der Waals surface area contributed by atoms with Gasteiger partial charge in [-0.1, -0.05) is 35.5 Å². The van der Waals surface area contributed by atoms with E-state index in [4.69, 9.17) is 9.26 Å². The van der Waals surface area contributed by atoms with Crippen LogP contribution >= 0.6 is 0 Å². The minimum Gasteiger partial charge on any atom is -0.368 e. The molecule has 0 spiro atoms. The molecule has 0 bridgehead atoms. The summed E-state index contributed by atoms with van der Waals surface area (Å²) in [6.07, 6.45) is 1.88. The Hall–Kier alpha value is -2.25. The van der Waals surface area contributed by atoms with E-state index < -0.39 is 5.60 Å². The Labute approximate surface area is 147 Å². The Morgan fingerprint density at radius 3 is 2.76 bits per heavy atom. The van der Waals surface area contributed by atoms with Crippen LogP contribution in [0.25, 0.3) is 0 Å². The summed E-state index contributed by atoms with van der Waals surface area (Å²) < 4.78 is 10.9. The van der Waals surface area contributed by atoms with E-state index >= 15 is 0 Å². The third-order valence-electron chi connectivity index (χ3n) is 4.62. The van der Waals surface area contributed by atoms with Gasteiger partial charge in [0.1, 0.15) is 11.6 Å². The number of hydrogen-bond acceptors (Lipinski definition) is 6. The lowest BCUT2D eigenvalue weighted by Gasteiger charge is -2.35. The van der Waals surface area contributed by atoms with E-state index in [0.29, 0.717) is 31.0 Å². The van der Waals surface area contributed by atoms with Crippen LogP contribution in [-0.4, -0.2) is 41.8 Å². The molecule has 7 heteroatoms. The molecule has 1 amide bonds. The summed E-state index contributed by atoms with van der Waals surface area (Å²) in [4.78, 5) is 17.1. The predicted molar refractivity (Wildman–Crippen MR) is 91.9 cm³/mol. The SMILES string of the molecule is COC1(C(=O)NC(C)c2nc(Cc3ccccc3)no2)CCNCC1. The molecule has 0 saturated carbocycles. The quantitative estimate of drug-likeness (QED) is 0.827. The Kier molecular flexibility index (Phi) is 5.45. The van der Waals surface area contributed by atoms with Crippen LogP contribution < -0.4 is 10.6 Å². The van der Waals surface area contributed by atoms with E-state index in [-0.39, 0.29) is 11.9 Å². The Morgan fingerprint density at radius 2 is 2.08 bits per heavy atom. The summed E-state index contributed by atoms with van der Waals surface area (Å²) in [6.45, 7) is 3.36. The van der Waals surface area contributed by atoms with Crippen LogP contribution in [0, 0.1) is 0 Å². The molecule has 1 aromatic heterocycles. The summed E-state index contributed by atoms with van der Waals surface area (Å²) in [5.74, 6) is 0.872. The maximum Gasteiger partial charge on any atom is 0.252 e. The molecule has 7 nitrogen and oxygen atoms in total. The van der Waals surface area contributed by atoms with E-state index in [1.165, 1.54) is 0 Å². The molecule has 2 N–H and O–H groups in total. The van der Waals surface area contributed by atoms with Crippen molar-refractivity contribution in [3.63, 3.8) is 0 Å². The number of aromatic nitrogens is 2. The fourth-order valence-electron chi connectivity index (χ4n) is 3.04. The van der Waals surface area contributed by atoms with Gasteiger partial charge in [-0.3, -0.25) is 4.79 Å². The normalized spacial score (nSPS) is 17.8. The van der Waals surface area contributed by atoms with Crippen LogP contribution in [0.5, 0.6) is 0 Å². The first-order valence-corrected chi connectivity index (χ1v) is 8.56. The highest BCUT2D eigenvalue weighted by Gasteiger charge is 2.40. The maximum absolute atomic E-state index is 12.7. The third kappa shape index (κ3) is 4.05. The van der Waals surface area contributed by atoms with Gasteiger partial charge in [-0.2, -0.15) is 4.98 Å². The zero-order valence-corrected chi connectivity index (χ0v) is 14.6. The van der Waals surface area contributed by atoms with Gasteiger partial charge >= 0.3 is 0 Å². The summed E-state index contributed by atoms with van der Waals surface area (Å²) in [7, 11) is 1.58. The van der Waals surface area contributed by atoms with Crippen LogP contribution in [0.2, 0.25) is 0 Å². The second-order valence-corrected chi connectivity index (χ2v) is 6.35. The van der Waals surface area contributed by atoms with Crippen LogP contribution in [0.3, 0.4) is 0 Å². The smallest absolute Gasteiger partial charge is 0.252 e. The molecular formula is C18H24N4O3. The molecule has 1 atom stereocenters. The van der Waals surface area contributed by atoms with Crippen molar-refractivity contribution >= 4 is 5.91 Å². The lowest BCUT2D eigenvalue weighted by molar-refractivity contribution is -0.147. The number of methoxy groups -OCH3 is 1. The molecule has 25 heavy (non-hydrogen) atoms. The van der Waals surface area contributed by atoms with E-state index in [1.54, 1.807) is 7.11 Å². The van der Waals surface area contributed by atoms with Crippen LogP contribution in [-0.2, 0) is 16.0 Å². The number of benzene rings is 1.